The Balaban J connectivity index is 1.79. The average Bonchev–Trinajstić information content (AvgIpc) is 2.85. The van der Waals surface area contributed by atoms with E-state index in [0.29, 0.717) is 6.04 Å². The van der Waals surface area contributed by atoms with E-state index in [9.17, 15) is 0 Å². The molecular formula is C15H22N4. The van der Waals surface area contributed by atoms with Crippen LogP contribution < -0.4 is 5.32 Å². The zero-order valence-corrected chi connectivity index (χ0v) is 11.5. The lowest BCUT2D eigenvalue weighted by Crippen LogP contribution is -2.44. The van der Waals surface area contributed by atoms with Gasteiger partial charge < -0.3 is 10.3 Å². The lowest BCUT2D eigenvalue weighted by molar-refractivity contribution is 0.140. The van der Waals surface area contributed by atoms with Gasteiger partial charge in [0, 0.05) is 36.9 Å². The van der Waals surface area contributed by atoms with Crippen molar-refractivity contribution in [3.63, 3.8) is 0 Å². The number of nitrogens with zero attached hydrogens (tertiary/aromatic N) is 2. The van der Waals surface area contributed by atoms with Crippen molar-refractivity contribution in [2.75, 3.05) is 20.1 Å². The van der Waals surface area contributed by atoms with Crippen LogP contribution in [0.25, 0.3) is 11.0 Å². The van der Waals surface area contributed by atoms with Gasteiger partial charge in [-0.1, -0.05) is 6.42 Å². The maximum atomic E-state index is 4.36. The minimum Gasteiger partial charge on any atom is -0.346 e. The van der Waals surface area contributed by atoms with Crippen molar-refractivity contribution >= 4 is 11.0 Å². The van der Waals surface area contributed by atoms with Gasteiger partial charge in [-0.2, -0.15) is 0 Å². The van der Waals surface area contributed by atoms with Crippen LogP contribution in [0.5, 0.6) is 0 Å². The van der Waals surface area contributed by atoms with Gasteiger partial charge in [-0.05, 0) is 44.1 Å². The van der Waals surface area contributed by atoms with Crippen LogP contribution in [0.15, 0.2) is 24.5 Å². The number of pyridine rings is 1. The maximum Gasteiger partial charge on any atom is 0.137 e. The normalized spacial score (nSPS) is 21.0. The number of hydrogen-bond donors (Lipinski definition) is 2. The van der Waals surface area contributed by atoms with Gasteiger partial charge in [-0.25, -0.2) is 4.98 Å². The molecule has 1 atom stereocenters. The molecule has 0 saturated carbocycles. The summed E-state index contributed by atoms with van der Waals surface area (Å²) in [5, 5.41) is 4.58. The van der Waals surface area contributed by atoms with Crippen LogP contribution in [0.1, 0.15) is 24.8 Å². The summed E-state index contributed by atoms with van der Waals surface area (Å²) in [4.78, 5) is 10.2. The first-order valence-corrected chi connectivity index (χ1v) is 7.18. The highest BCUT2D eigenvalue weighted by atomic mass is 15.2. The molecule has 1 saturated heterocycles. The Hall–Kier alpha value is -1.39. The number of fused-ring (bicyclic) bond motifs is 1. The first-order chi connectivity index (χ1) is 9.38. The molecule has 1 aliphatic rings. The molecule has 3 rings (SSSR count). The zero-order chi connectivity index (χ0) is 13.1. The summed E-state index contributed by atoms with van der Waals surface area (Å²) < 4.78 is 0. The third-order valence-corrected chi connectivity index (χ3v) is 4.10. The number of rotatable bonds is 4. The summed E-state index contributed by atoms with van der Waals surface area (Å²) in [6.45, 7) is 3.32. The predicted octanol–water partition coefficient (Wildman–Crippen LogP) is 2.14. The second-order valence-corrected chi connectivity index (χ2v) is 5.39. The molecule has 19 heavy (non-hydrogen) atoms. The van der Waals surface area contributed by atoms with Gasteiger partial charge in [0.25, 0.3) is 0 Å². The lowest BCUT2D eigenvalue weighted by Gasteiger charge is -2.35. The smallest absolute Gasteiger partial charge is 0.137 e. The van der Waals surface area contributed by atoms with Gasteiger partial charge in [0.05, 0.1) is 0 Å². The molecule has 2 aromatic rings. The van der Waals surface area contributed by atoms with Crippen molar-refractivity contribution in [2.45, 2.75) is 31.8 Å². The number of likely N-dealkylation sites (tertiary alicyclic amines) is 1. The molecule has 0 spiro atoms. The molecule has 0 bridgehead atoms. The molecule has 1 aliphatic heterocycles. The largest absolute Gasteiger partial charge is 0.346 e. The topological polar surface area (TPSA) is 44.0 Å². The van der Waals surface area contributed by atoms with Gasteiger partial charge in [0.2, 0.25) is 0 Å². The molecule has 4 heteroatoms. The second-order valence-electron chi connectivity index (χ2n) is 5.39. The zero-order valence-electron chi connectivity index (χ0n) is 11.5. The average molecular weight is 258 g/mol. The molecule has 4 nitrogen and oxygen atoms in total. The molecule has 1 unspecified atom stereocenters. The van der Waals surface area contributed by atoms with Crippen LogP contribution in [0.4, 0.5) is 0 Å². The monoisotopic (exact) mass is 258 g/mol. The summed E-state index contributed by atoms with van der Waals surface area (Å²) >= 11 is 0. The summed E-state index contributed by atoms with van der Waals surface area (Å²) in [5.74, 6) is 0. The van der Waals surface area contributed by atoms with E-state index in [1.807, 2.05) is 19.3 Å². The molecule has 102 valence electrons. The SMILES string of the molecule is CNCC1CCCCN1Cc1c[nH]c2ncccc12. The molecule has 0 radical (unpaired) electrons. The molecule has 2 N–H and O–H groups in total. The lowest BCUT2D eigenvalue weighted by atomic mass is 10.0. The van der Waals surface area contributed by atoms with E-state index < -0.39 is 0 Å². The molecular weight excluding hydrogens is 236 g/mol. The first kappa shape index (κ1) is 12.6. The highest BCUT2D eigenvalue weighted by Crippen LogP contribution is 2.22. The number of hydrogen-bond acceptors (Lipinski definition) is 3. The Labute approximate surface area is 114 Å². The number of aromatic amines is 1. The van der Waals surface area contributed by atoms with Gasteiger partial charge in [0.15, 0.2) is 0 Å². The molecule has 3 heterocycles. The minimum atomic E-state index is 0.667. The minimum absolute atomic E-state index is 0.667. The van der Waals surface area contributed by atoms with Gasteiger partial charge in [0.1, 0.15) is 5.65 Å². The van der Waals surface area contributed by atoms with Crippen molar-refractivity contribution in [1.82, 2.24) is 20.2 Å². The number of nitrogens with one attached hydrogen (secondary N) is 2. The number of piperidine rings is 1. The molecule has 1 fully saturated rings. The van der Waals surface area contributed by atoms with Crippen molar-refractivity contribution in [3.05, 3.63) is 30.1 Å². The van der Waals surface area contributed by atoms with E-state index in [4.69, 9.17) is 0 Å². The Kier molecular flexibility index (Phi) is 3.80. The third-order valence-electron chi connectivity index (χ3n) is 4.10. The fourth-order valence-corrected chi connectivity index (χ4v) is 3.10. The van der Waals surface area contributed by atoms with Crippen molar-refractivity contribution in [2.24, 2.45) is 0 Å². The fraction of sp³-hybridized carbons (Fsp3) is 0.533. The molecule has 2 aromatic heterocycles. The Morgan fingerprint density at radius 1 is 1.47 bits per heavy atom. The van der Waals surface area contributed by atoms with E-state index >= 15 is 0 Å². The van der Waals surface area contributed by atoms with E-state index in [1.165, 1.54) is 36.8 Å². The number of aromatic nitrogens is 2. The van der Waals surface area contributed by atoms with E-state index in [2.05, 4.69) is 32.4 Å². The first-order valence-electron chi connectivity index (χ1n) is 7.18. The molecule has 0 aromatic carbocycles. The van der Waals surface area contributed by atoms with Gasteiger partial charge in [-0.3, -0.25) is 4.90 Å². The highest BCUT2D eigenvalue weighted by molar-refractivity contribution is 5.79. The predicted molar refractivity (Wildman–Crippen MR) is 78.1 cm³/mol. The number of H-pyrrole nitrogens is 1. The van der Waals surface area contributed by atoms with Crippen LogP contribution in [-0.4, -0.2) is 41.0 Å². The van der Waals surface area contributed by atoms with E-state index in [-0.39, 0.29) is 0 Å². The second kappa shape index (κ2) is 5.72. The van der Waals surface area contributed by atoms with Crippen LogP contribution >= 0.6 is 0 Å². The Morgan fingerprint density at radius 2 is 2.42 bits per heavy atom. The third kappa shape index (κ3) is 2.65. The Bertz CT molecular complexity index is 532. The van der Waals surface area contributed by atoms with Crippen LogP contribution in [0, 0.1) is 0 Å². The standard InChI is InChI=1S/C15H22N4/c1-16-10-13-5-2-3-8-19(13)11-12-9-18-15-14(12)6-4-7-17-15/h4,6-7,9,13,16H,2-3,5,8,10-11H2,1H3,(H,17,18). The van der Waals surface area contributed by atoms with Gasteiger partial charge in [-0.15, -0.1) is 0 Å². The fourth-order valence-electron chi connectivity index (χ4n) is 3.10. The van der Waals surface area contributed by atoms with E-state index in [0.717, 1.165) is 18.7 Å². The summed E-state index contributed by atoms with van der Waals surface area (Å²) in [6, 6.07) is 4.84. The highest BCUT2D eigenvalue weighted by Gasteiger charge is 2.22. The summed E-state index contributed by atoms with van der Waals surface area (Å²) in [5.41, 5.74) is 2.37. The van der Waals surface area contributed by atoms with Crippen LogP contribution in [-0.2, 0) is 6.54 Å². The quantitative estimate of drug-likeness (QED) is 0.883. The molecule has 0 amide bonds. The van der Waals surface area contributed by atoms with Crippen LogP contribution in [0.2, 0.25) is 0 Å². The Morgan fingerprint density at radius 3 is 3.32 bits per heavy atom. The van der Waals surface area contributed by atoms with Gasteiger partial charge >= 0.3 is 0 Å². The van der Waals surface area contributed by atoms with Crippen molar-refractivity contribution < 1.29 is 0 Å². The number of likely N-dealkylation sites (N-methyl/N-ethyl adjacent to an activating group) is 1. The van der Waals surface area contributed by atoms with E-state index in [1.54, 1.807) is 0 Å². The maximum absolute atomic E-state index is 4.36. The van der Waals surface area contributed by atoms with Crippen molar-refractivity contribution in [1.29, 1.82) is 0 Å². The summed E-state index contributed by atoms with van der Waals surface area (Å²) in [6.07, 6.45) is 7.94. The summed E-state index contributed by atoms with van der Waals surface area (Å²) in [7, 11) is 2.04. The molecule has 0 aliphatic carbocycles. The van der Waals surface area contributed by atoms with Crippen LogP contribution in [0.3, 0.4) is 0 Å². The van der Waals surface area contributed by atoms with Crippen molar-refractivity contribution in [3.8, 4) is 0 Å².